The van der Waals surface area contributed by atoms with Gasteiger partial charge in [-0.05, 0) is 44.1 Å². The molecule has 1 amide bonds. The topological polar surface area (TPSA) is 66.9 Å². The number of carbonyl (C=O) groups excluding carboxylic acids is 1. The van der Waals surface area contributed by atoms with Gasteiger partial charge in [0.15, 0.2) is 5.82 Å². The van der Waals surface area contributed by atoms with Crippen molar-refractivity contribution >= 4 is 11.6 Å². The minimum Gasteiger partial charge on any atom is -0.326 e. The first kappa shape index (κ1) is 14.7. The van der Waals surface area contributed by atoms with Crippen LogP contribution in [0.1, 0.15) is 12.6 Å². The fourth-order valence-corrected chi connectivity index (χ4v) is 2.46. The Bertz CT molecular complexity index is 682. The Morgan fingerprint density at radius 1 is 1.36 bits per heavy atom. The van der Waals surface area contributed by atoms with E-state index in [-0.39, 0.29) is 11.8 Å². The molecule has 5 nitrogen and oxygen atoms in total. The zero-order chi connectivity index (χ0) is 15.5. The van der Waals surface area contributed by atoms with E-state index in [0.29, 0.717) is 11.7 Å². The fourth-order valence-electron chi connectivity index (χ4n) is 2.46. The SMILES string of the molecule is Cc1ccnc(-c2cccc(NC(=O)C(C)C3CNC3)c2)n1. The molecule has 1 fully saturated rings. The van der Waals surface area contributed by atoms with E-state index in [1.54, 1.807) is 6.20 Å². The van der Waals surface area contributed by atoms with Crippen molar-refractivity contribution in [3.05, 3.63) is 42.2 Å². The van der Waals surface area contributed by atoms with Crippen molar-refractivity contribution in [2.45, 2.75) is 13.8 Å². The highest BCUT2D eigenvalue weighted by Crippen LogP contribution is 2.22. The predicted octanol–water partition coefficient (Wildman–Crippen LogP) is 2.25. The van der Waals surface area contributed by atoms with E-state index >= 15 is 0 Å². The summed E-state index contributed by atoms with van der Waals surface area (Å²) in [4.78, 5) is 21.0. The number of anilines is 1. The number of hydrogen-bond acceptors (Lipinski definition) is 4. The van der Waals surface area contributed by atoms with Crippen molar-refractivity contribution in [1.82, 2.24) is 15.3 Å². The summed E-state index contributed by atoms with van der Waals surface area (Å²) in [5.41, 5.74) is 2.61. The molecule has 0 bridgehead atoms. The molecule has 0 saturated carbocycles. The summed E-state index contributed by atoms with van der Waals surface area (Å²) < 4.78 is 0. The molecule has 2 heterocycles. The number of nitrogens with one attached hydrogen (secondary N) is 2. The molecule has 0 spiro atoms. The van der Waals surface area contributed by atoms with Gasteiger partial charge in [0.25, 0.3) is 0 Å². The summed E-state index contributed by atoms with van der Waals surface area (Å²) in [6, 6.07) is 9.53. The summed E-state index contributed by atoms with van der Waals surface area (Å²) in [5, 5.41) is 6.19. The highest BCUT2D eigenvalue weighted by Gasteiger charge is 2.28. The van der Waals surface area contributed by atoms with Crippen LogP contribution in [-0.4, -0.2) is 29.0 Å². The van der Waals surface area contributed by atoms with Crippen LogP contribution in [0.15, 0.2) is 36.5 Å². The van der Waals surface area contributed by atoms with Crippen LogP contribution >= 0.6 is 0 Å². The highest BCUT2D eigenvalue weighted by atomic mass is 16.1. The van der Waals surface area contributed by atoms with Gasteiger partial charge in [-0.15, -0.1) is 0 Å². The average Bonchev–Trinajstić information content (AvgIpc) is 2.45. The van der Waals surface area contributed by atoms with Gasteiger partial charge in [-0.1, -0.05) is 19.1 Å². The smallest absolute Gasteiger partial charge is 0.227 e. The van der Waals surface area contributed by atoms with Gasteiger partial charge in [0.05, 0.1) is 0 Å². The summed E-state index contributed by atoms with van der Waals surface area (Å²) in [6.07, 6.45) is 1.74. The molecule has 1 aliphatic rings. The van der Waals surface area contributed by atoms with Crippen LogP contribution in [0.25, 0.3) is 11.4 Å². The van der Waals surface area contributed by atoms with Gasteiger partial charge in [-0.25, -0.2) is 9.97 Å². The maximum Gasteiger partial charge on any atom is 0.227 e. The lowest BCUT2D eigenvalue weighted by Gasteiger charge is -2.31. The molecule has 1 unspecified atom stereocenters. The minimum atomic E-state index is 0.0140. The molecule has 1 atom stereocenters. The van der Waals surface area contributed by atoms with E-state index in [9.17, 15) is 4.79 Å². The Kier molecular flexibility index (Phi) is 4.15. The first-order chi connectivity index (χ1) is 10.6. The number of nitrogens with zero attached hydrogens (tertiary/aromatic N) is 2. The molecule has 114 valence electrons. The van der Waals surface area contributed by atoms with Crippen LogP contribution in [0.5, 0.6) is 0 Å². The summed E-state index contributed by atoms with van der Waals surface area (Å²) >= 11 is 0. The molecule has 1 aliphatic heterocycles. The molecule has 1 saturated heterocycles. The van der Waals surface area contributed by atoms with E-state index < -0.39 is 0 Å². The van der Waals surface area contributed by atoms with E-state index in [2.05, 4.69) is 20.6 Å². The number of rotatable bonds is 4. The van der Waals surface area contributed by atoms with Crippen LogP contribution in [0, 0.1) is 18.8 Å². The largest absolute Gasteiger partial charge is 0.326 e. The number of amides is 1. The third kappa shape index (κ3) is 3.14. The van der Waals surface area contributed by atoms with Gasteiger partial charge < -0.3 is 10.6 Å². The van der Waals surface area contributed by atoms with E-state index in [4.69, 9.17) is 0 Å². The standard InChI is InChI=1S/C17H20N4O/c1-11-6-7-19-16(20-11)13-4-3-5-15(8-13)21-17(22)12(2)14-9-18-10-14/h3-8,12,14,18H,9-10H2,1-2H3,(H,21,22). The second-order valence-electron chi connectivity index (χ2n) is 5.80. The van der Waals surface area contributed by atoms with Gasteiger partial charge in [-0.3, -0.25) is 4.79 Å². The van der Waals surface area contributed by atoms with Crippen LogP contribution in [0.4, 0.5) is 5.69 Å². The Morgan fingerprint density at radius 3 is 2.86 bits per heavy atom. The van der Waals surface area contributed by atoms with Gasteiger partial charge in [0.2, 0.25) is 5.91 Å². The summed E-state index contributed by atoms with van der Waals surface area (Å²) in [6.45, 7) is 5.76. The molecule has 22 heavy (non-hydrogen) atoms. The van der Waals surface area contributed by atoms with Crippen molar-refractivity contribution in [3.8, 4) is 11.4 Å². The molecular weight excluding hydrogens is 276 g/mol. The third-order valence-corrected chi connectivity index (χ3v) is 4.12. The quantitative estimate of drug-likeness (QED) is 0.908. The van der Waals surface area contributed by atoms with Crippen molar-refractivity contribution in [3.63, 3.8) is 0 Å². The number of aryl methyl sites for hydroxylation is 1. The molecule has 3 rings (SSSR count). The molecular formula is C17H20N4O. The molecule has 1 aromatic heterocycles. The predicted molar refractivity (Wildman–Crippen MR) is 86.4 cm³/mol. The lowest BCUT2D eigenvalue weighted by molar-refractivity contribution is -0.121. The Hall–Kier alpha value is -2.27. The summed E-state index contributed by atoms with van der Waals surface area (Å²) in [7, 11) is 0. The van der Waals surface area contributed by atoms with Crippen LogP contribution in [0.3, 0.4) is 0 Å². The second-order valence-corrected chi connectivity index (χ2v) is 5.80. The molecule has 0 radical (unpaired) electrons. The van der Waals surface area contributed by atoms with Crippen molar-refractivity contribution in [2.75, 3.05) is 18.4 Å². The van der Waals surface area contributed by atoms with Crippen molar-refractivity contribution < 1.29 is 4.79 Å². The zero-order valence-electron chi connectivity index (χ0n) is 12.8. The van der Waals surface area contributed by atoms with E-state index in [1.165, 1.54) is 0 Å². The molecule has 1 aromatic carbocycles. The number of hydrogen-bond donors (Lipinski definition) is 2. The number of carbonyl (C=O) groups is 1. The zero-order valence-corrected chi connectivity index (χ0v) is 12.8. The molecule has 5 heteroatoms. The van der Waals surface area contributed by atoms with Gasteiger partial charge in [-0.2, -0.15) is 0 Å². The Labute approximate surface area is 130 Å². The third-order valence-electron chi connectivity index (χ3n) is 4.12. The molecule has 0 aliphatic carbocycles. The average molecular weight is 296 g/mol. The first-order valence-electron chi connectivity index (χ1n) is 7.55. The highest BCUT2D eigenvalue weighted by molar-refractivity contribution is 5.93. The van der Waals surface area contributed by atoms with Crippen LogP contribution < -0.4 is 10.6 Å². The first-order valence-corrected chi connectivity index (χ1v) is 7.55. The lowest BCUT2D eigenvalue weighted by Crippen LogP contribution is -2.48. The molecule has 2 N–H and O–H groups in total. The van der Waals surface area contributed by atoms with Crippen LogP contribution in [-0.2, 0) is 4.79 Å². The lowest BCUT2D eigenvalue weighted by atomic mass is 9.88. The van der Waals surface area contributed by atoms with Gasteiger partial charge in [0.1, 0.15) is 0 Å². The van der Waals surface area contributed by atoms with Gasteiger partial charge in [0, 0.05) is 29.1 Å². The minimum absolute atomic E-state index is 0.0140. The second kappa shape index (κ2) is 6.23. The summed E-state index contributed by atoms with van der Waals surface area (Å²) in [5.74, 6) is 1.18. The maximum absolute atomic E-state index is 12.3. The maximum atomic E-state index is 12.3. The fraction of sp³-hybridized carbons (Fsp3) is 0.353. The van der Waals surface area contributed by atoms with Gasteiger partial charge >= 0.3 is 0 Å². The number of aromatic nitrogens is 2. The van der Waals surface area contributed by atoms with E-state index in [0.717, 1.165) is 30.0 Å². The Morgan fingerprint density at radius 2 is 2.18 bits per heavy atom. The number of benzene rings is 1. The normalized spacial score (nSPS) is 15.9. The molecule has 2 aromatic rings. The van der Waals surface area contributed by atoms with Crippen molar-refractivity contribution in [1.29, 1.82) is 0 Å². The van der Waals surface area contributed by atoms with Crippen molar-refractivity contribution in [2.24, 2.45) is 11.8 Å². The Balaban J connectivity index is 1.75. The van der Waals surface area contributed by atoms with Crippen LogP contribution in [0.2, 0.25) is 0 Å². The monoisotopic (exact) mass is 296 g/mol. The van der Waals surface area contributed by atoms with E-state index in [1.807, 2.05) is 44.2 Å².